The van der Waals surface area contributed by atoms with Crippen LogP contribution in [0.25, 0.3) is 0 Å². The van der Waals surface area contributed by atoms with Crippen LogP contribution in [0, 0.1) is 40.4 Å². The van der Waals surface area contributed by atoms with Crippen molar-refractivity contribution in [1.29, 1.82) is 0 Å². The molecule has 0 aromatic carbocycles. The maximum absolute atomic E-state index is 12.1. The fourth-order valence-corrected chi connectivity index (χ4v) is 13.1. The number of ether oxygens (including phenoxy) is 8. The Hall–Kier alpha value is -1.72. The minimum Gasteiger partial charge on any atom is -0.464 e. The Morgan fingerprint density at radius 3 is 1.91 bits per heavy atom. The van der Waals surface area contributed by atoms with Gasteiger partial charge in [0.25, 0.3) is 6.47 Å². The van der Waals surface area contributed by atoms with Gasteiger partial charge in [0.05, 0.1) is 42.7 Å². The molecule has 316 valence electrons. The summed E-state index contributed by atoms with van der Waals surface area (Å²) >= 11 is 0. The number of rotatable bonds is 9. The van der Waals surface area contributed by atoms with E-state index in [1.165, 1.54) is 0 Å². The average molecular weight is 793 g/mol. The summed E-state index contributed by atoms with van der Waals surface area (Å²) in [5.74, 6) is 1.76. The molecule has 8 rings (SSSR count). The van der Waals surface area contributed by atoms with E-state index in [0.717, 1.165) is 56.9 Å². The second kappa shape index (κ2) is 16.0. The molecule has 0 aromatic rings. The number of aliphatic hydroxyl groups excluding tert-OH is 4. The van der Waals surface area contributed by atoms with Gasteiger partial charge in [0.15, 0.2) is 18.9 Å². The predicted octanol–water partition coefficient (Wildman–Crippen LogP) is 3.28. The van der Waals surface area contributed by atoms with Crippen molar-refractivity contribution in [3.05, 3.63) is 11.6 Å². The summed E-state index contributed by atoms with van der Waals surface area (Å²) in [4.78, 5) is 23.7. The number of fused-ring (bicyclic) bond motifs is 5. The van der Waals surface area contributed by atoms with Crippen LogP contribution in [0.2, 0.25) is 0 Å². The molecule has 8 aliphatic rings. The molecule has 14 nitrogen and oxygen atoms in total. The van der Waals surface area contributed by atoms with Crippen molar-refractivity contribution in [3.63, 3.8) is 0 Å². The molecule has 56 heavy (non-hydrogen) atoms. The van der Waals surface area contributed by atoms with Crippen molar-refractivity contribution in [2.75, 3.05) is 6.61 Å². The van der Waals surface area contributed by atoms with Crippen LogP contribution < -0.4 is 0 Å². The Balaban J connectivity index is 0.831. The molecule has 0 radical (unpaired) electrons. The van der Waals surface area contributed by atoms with Gasteiger partial charge in [-0.15, -0.1) is 0 Å². The van der Waals surface area contributed by atoms with Gasteiger partial charge in [0.2, 0.25) is 0 Å². The molecular weight excluding hydrogens is 728 g/mol. The van der Waals surface area contributed by atoms with E-state index in [0.29, 0.717) is 36.8 Å². The molecule has 3 saturated heterocycles. The van der Waals surface area contributed by atoms with E-state index in [1.54, 1.807) is 19.9 Å². The first-order valence-corrected chi connectivity index (χ1v) is 21.3. The normalized spacial score (nSPS) is 53.3. The summed E-state index contributed by atoms with van der Waals surface area (Å²) in [6.45, 7) is 11.0. The lowest BCUT2D eigenvalue weighted by atomic mass is 9.44. The Kier molecular flexibility index (Phi) is 11.8. The zero-order chi connectivity index (χ0) is 39.7. The van der Waals surface area contributed by atoms with Crippen molar-refractivity contribution < 1.29 is 67.9 Å². The van der Waals surface area contributed by atoms with Crippen LogP contribution in [0.4, 0.5) is 0 Å². The lowest BCUT2D eigenvalue weighted by molar-refractivity contribution is -0.336. The molecule has 0 spiro atoms. The van der Waals surface area contributed by atoms with Gasteiger partial charge >= 0.3 is 5.97 Å². The molecule has 0 bridgehead atoms. The average Bonchev–Trinajstić information content (AvgIpc) is 3.69. The van der Waals surface area contributed by atoms with E-state index in [4.69, 9.17) is 37.9 Å². The molecule has 21 atom stereocenters. The highest BCUT2D eigenvalue weighted by molar-refractivity contribution is 5.85. The van der Waals surface area contributed by atoms with Gasteiger partial charge < -0.3 is 58.3 Å². The van der Waals surface area contributed by atoms with Crippen molar-refractivity contribution in [2.24, 2.45) is 40.4 Å². The number of esters is 1. The molecule has 0 aromatic heterocycles. The van der Waals surface area contributed by atoms with E-state index < -0.39 is 73.8 Å². The number of hydrogen-bond donors (Lipinski definition) is 4. The molecule has 4 aliphatic heterocycles. The minimum atomic E-state index is -0.999. The monoisotopic (exact) mass is 792 g/mol. The highest BCUT2D eigenvalue weighted by Crippen LogP contribution is 2.68. The Morgan fingerprint density at radius 2 is 1.32 bits per heavy atom. The van der Waals surface area contributed by atoms with Crippen LogP contribution >= 0.6 is 0 Å². The molecular formula is C42H64O14. The van der Waals surface area contributed by atoms with Crippen LogP contribution in [-0.2, 0) is 47.5 Å². The molecule has 4 saturated carbocycles. The van der Waals surface area contributed by atoms with Gasteiger partial charge in [-0.1, -0.05) is 13.8 Å². The fraction of sp³-hybridized carbons (Fsp3) is 0.905. The third-order valence-electron chi connectivity index (χ3n) is 15.9. The number of cyclic esters (lactones) is 1. The standard InChI is InChI=1S/C42H64O14/c1-20-38(48)29(44)15-35(51-20)55-40-22(3)53-36(17-31(40)46)56-39-21(2)52-34(16-30(39)45)54-25-8-10-41(4)24(13-25)6-7-26-27(41)9-11-42(5)28(26)14-32(50-19-43)37(42)23-12-33(47)49-18-23/h12,19-22,24-32,34-40,44-46,48H,6-11,13-18H2,1-5H3/t20-,21-,22-,24-,25+,26-,27+,28-,29+,30+,31+,32+,34+,35+,36+,37+,38-,39-,40-,41+,42+/m1/s1. The Labute approximate surface area is 329 Å². The minimum absolute atomic E-state index is 0.00900. The molecule has 0 unspecified atom stereocenters. The van der Waals surface area contributed by atoms with E-state index in [-0.39, 0.29) is 54.2 Å². The third kappa shape index (κ3) is 7.51. The lowest BCUT2D eigenvalue weighted by Crippen LogP contribution is -2.56. The summed E-state index contributed by atoms with van der Waals surface area (Å²) in [6, 6.07) is 0. The summed E-state index contributed by atoms with van der Waals surface area (Å²) in [5, 5.41) is 42.5. The van der Waals surface area contributed by atoms with Gasteiger partial charge in [-0.25, -0.2) is 4.79 Å². The molecule has 14 heteroatoms. The molecule has 4 heterocycles. The number of carbonyl (C=O) groups is 2. The van der Waals surface area contributed by atoms with Crippen LogP contribution in [0.15, 0.2) is 11.6 Å². The van der Waals surface area contributed by atoms with Crippen LogP contribution in [0.3, 0.4) is 0 Å². The molecule has 4 N–H and O–H groups in total. The van der Waals surface area contributed by atoms with Gasteiger partial charge in [-0.3, -0.25) is 4.79 Å². The van der Waals surface area contributed by atoms with Crippen molar-refractivity contribution in [3.8, 4) is 0 Å². The maximum atomic E-state index is 12.1. The second-order valence-electron chi connectivity index (χ2n) is 19.0. The van der Waals surface area contributed by atoms with Crippen molar-refractivity contribution >= 4 is 12.4 Å². The summed E-state index contributed by atoms with van der Waals surface area (Å²) < 4.78 is 48.0. The highest BCUT2D eigenvalue weighted by Gasteiger charge is 2.64. The Bertz CT molecular complexity index is 1420. The quantitative estimate of drug-likeness (QED) is 0.151. The second-order valence-corrected chi connectivity index (χ2v) is 19.0. The van der Waals surface area contributed by atoms with Gasteiger partial charge in [0, 0.05) is 31.3 Å². The molecule has 4 aliphatic carbocycles. The first-order chi connectivity index (χ1) is 26.7. The van der Waals surface area contributed by atoms with Crippen molar-refractivity contribution in [2.45, 2.75) is 191 Å². The fourth-order valence-electron chi connectivity index (χ4n) is 13.1. The van der Waals surface area contributed by atoms with Crippen LogP contribution in [-0.4, -0.2) is 125 Å². The van der Waals surface area contributed by atoms with Gasteiger partial charge in [-0.05, 0) is 112 Å². The topological polar surface area (TPSA) is 189 Å². The summed E-state index contributed by atoms with van der Waals surface area (Å²) in [6.07, 6.45) is 1.09. The van der Waals surface area contributed by atoms with Gasteiger partial charge in [0.1, 0.15) is 31.0 Å². The van der Waals surface area contributed by atoms with E-state index in [9.17, 15) is 30.0 Å². The summed E-state index contributed by atoms with van der Waals surface area (Å²) in [7, 11) is 0. The Morgan fingerprint density at radius 1 is 0.714 bits per heavy atom. The van der Waals surface area contributed by atoms with E-state index in [1.807, 2.05) is 6.92 Å². The molecule has 7 fully saturated rings. The lowest BCUT2D eigenvalue weighted by Gasteiger charge is -2.61. The van der Waals surface area contributed by atoms with Crippen LogP contribution in [0.5, 0.6) is 0 Å². The zero-order valence-corrected chi connectivity index (χ0v) is 33.5. The smallest absolute Gasteiger partial charge is 0.331 e. The van der Waals surface area contributed by atoms with Gasteiger partial charge in [-0.2, -0.15) is 0 Å². The zero-order valence-electron chi connectivity index (χ0n) is 33.5. The molecule has 0 amide bonds. The largest absolute Gasteiger partial charge is 0.464 e. The number of carbonyl (C=O) groups excluding carboxylic acids is 2. The first-order valence-electron chi connectivity index (χ1n) is 21.3. The first kappa shape index (κ1) is 41.0. The van der Waals surface area contributed by atoms with E-state index >= 15 is 0 Å². The maximum Gasteiger partial charge on any atom is 0.331 e. The predicted molar refractivity (Wildman–Crippen MR) is 196 cm³/mol. The van der Waals surface area contributed by atoms with Crippen LogP contribution in [0.1, 0.15) is 105 Å². The third-order valence-corrected chi connectivity index (χ3v) is 15.9. The number of aliphatic hydroxyl groups is 4. The SMILES string of the molecule is C[C@H]1O[C@@H](O[C@H]2[C@@H](O)C[C@H](O[C@H]3[C@@H](O)C[C@H](O[C@H]4CC[C@@]5(C)[C@H](CC[C@H]6[C@H]7C[C@H](OC=O)[C@H](C8=CC(=O)OC8)[C@@]7(C)CC[C@@H]65)C4)O[C@@H]3C)O[C@@H]2C)C[C@H](O)[C@@H]1O. The van der Waals surface area contributed by atoms with Crippen molar-refractivity contribution in [1.82, 2.24) is 0 Å². The number of hydrogen-bond acceptors (Lipinski definition) is 14. The van der Waals surface area contributed by atoms with E-state index in [2.05, 4.69) is 13.8 Å². The highest BCUT2D eigenvalue weighted by atomic mass is 16.7. The summed E-state index contributed by atoms with van der Waals surface area (Å²) in [5.41, 5.74) is 1.12.